The molecular formula is C15H24N2. The molecule has 17 heavy (non-hydrogen) atoms. The van der Waals surface area contributed by atoms with Gasteiger partial charge in [-0.05, 0) is 51.2 Å². The standard InChI is InChI=1S/C15H24N2/c1-10-4-5-11(2)15(8-10)12(3)17-14-7-6-13(16)9-14/h4-5,8,12-14,17H,6-7,9,16H2,1-3H3. The quantitative estimate of drug-likeness (QED) is 0.841. The van der Waals surface area contributed by atoms with Gasteiger partial charge in [0, 0.05) is 18.1 Å². The molecule has 1 fully saturated rings. The van der Waals surface area contributed by atoms with Gasteiger partial charge in [-0.25, -0.2) is 0 Å². The van der Waals surface area contributed by atoms with Gasteiger partial charge < -0.3 is 11.1 Å². The van der Waals surface area contributed by atoms with Crippen LogP contribution in [0, 0.1) is 13.8 Å². The highest BCUT2D eigenvalue weighted by atomic mass is 15.0. The predicted molar refractivity (Wildman–Crippen MR) is 73.1 cm³/mol. The molecule has 2 heteroatoms. The molecule has 0 saturated heterocycles. The molecule has 1 aromatic carbocycles. The SMILES string of the molecule is Cc1ccc(C)c(C(C)NC2CCC(N)C2)c1. The minimum atomic E-state index is 0.401. The summed E-state index contributed by atoms with van der Waals surface area (Å²) in [5, 5.41) is 3.71. The molecule has 1 aliphatic carbocycles. The molecule has 1 saturated carbocycles. The average molecular weight is 232 g/mol. The summed E-state index contributed by atoms with van der Waals surface area (Å²) in [5.74, 6) is 0. The van der Waals surface area contributed by atoms with Gasteiger partial charge in [0.05, 0.1) is 0 Å². The Bertz CT molecular complexity index is 387. The fourth-order valence-corrected chi connectivity index (χ4v) is 2.84. The minimum Gasteiger partial charge on any atom is -0.328 e. The van der Waals surface area contributed by atoms with E-state index in [4.69, 9.17) is 5.73 Å². The van der Waals surface area contributed by atoms with Crippen molar-refractivity contribution in [3.63, 3.8) is 0 Å². The molecule has 0 bridgehead atoms. The molecule has 3 unspecified atom stereocenters. The van der Waals surface area contributed by atoms with Crippen molar-refractivity contribution in [1.82, 2.24) is 5.32 Å². The number of benzene rings is 1. The van der Waals surface area contributed by atoms with E-state index in [9.17, 15) is 0 Å². The second-order valence-corrected chi connectivity index (χ2v) is 5.52. The average Bonchev–Trinajstić information content (AvgIpc) is 2.67. The van der Waals surface area contributed by atoms with E-state index in [0.717, 1.165) is 12.8 Å². The van der Waals surface area contributed by atoms with E-state index in [2.05, 4.69) is 44.3 Å². The Morgan fingerprint density at radius 2 is 2.06 bits per heavy atom. The van der Waals surface area contributed by atoms with Crippen molar-refractivity contribution in [2.24, 2.45) is 5.73 Å². The fourth-order valence-electron chi connectivity index (χ4n) is 2.84. The van der Waals surface area contributed by atoms with Crippen LogP contribution in [0.3, 0.4) is 0 Å². The van der Waals surface area contributed by atoms with Crippen molar-refractivity contribution in [3.8, 4) is 0 Å². The maximum absolute atomic E-state index is 5.95. The van der Waals surface area contributed by atoms with Gasteiger partial charge >= 0.3 is 0 Å². The fraction of sp³-hybridized carbons (Fsp3) is 0.600. The Balaban J connectivity index is 2.04. The van der Waals surface area contributed by atoms with Crippen LogP contribution < -0.4 is 11.1 Å². The van der Waals surface area contributed by atoms with E-state index < -0.39 is 0 Å². The maximum atomic E-state index is 5.95. The first-order valence-corrected chi connectivity index (χ1v) is 6.65. The van der Waals surface area contributed by atoms with Crippen molar-refractivity contribution in [1.29, 1.82) is 0 Å². The lowest BCUT2D eigenvalue weighted by Crippen LogP contribution is -2.31. The first-order valence-electron chi connectivity index (χ1n) is 6.65. The van der Waals surface area contributed by atoms with E-state index in [1.165, 1.54) is 23.1 Å². The summed E-state index contributed by atoms with van der Waals surface area (Å²) < 4.78 is 0. The van der Waals surface area contributed by atoms with Crippen molar-refractivity contribution in [3.05, 3.63) is 34.9 Å². The Morgan fingerprint density at radius 1 is 1.29 bits per heavy atom. The number of nitrogens with two attached hydrogens (primary N) is 1. The minimum absolute atomic E-state index is 0.401. The molecule has 2 nitrogen and oxygen atoms in total. The predicted octanol–water partition coefficient (Wildman–Crippen LogP) is 2.83. The van der Waals surface area contributed by atoms with Crippen LogP contribution in [0.25, 0.3) is 0 Å². The van der Waals surface area contributed by atoms with Gasteiger partial charge in [-0.2, -0.15) is 0 Å². The summed E-state index contributed by atoms with van der Waals surface area (Å²) >= 11 is 0. The second-order valence-electron chi connectivity index (χ2n) is 5.52. The van der Waals surface area contributed by atoms with Crippen LogP contribution in [0.4, 0.5) is 0 Å². The highest BCUT2D eigenvalue weighted by molar-refractivity contribution is 5.32. The maximum Gasteiger partial charge on any atom is 0.0297 e. The van der Waals surface area contributed by atoms with Crippen molar-refractivity contribution < 1.29 is 0 Å². The zero-order valence-electron chi connectivity index (χ0n) is 11.2. The summed E-state index contributed by atoms with van der Waals surface area (Å²) in [6, 6.07) is 8.10. The zero-order chi connectivity index (χ0) is 12.4. The third-order valence-corrected chi connectivity index (χ3v) is 3.86. The molecule has 0 aromatic heterocycles. The number of nitrogens with one attached hydrogen (secondary N) is 1. The van der Waals surface area contributed by atoms with E-state index in [0.29, 0.717) is 18.1 Å². The van der Waals surface area contributed by atoms with Gasteiger partial charge in [0.15, 0.2) is 0 Å². The van der Waals surface area contributed by atoms with Crippen LogP contribution in [0.15, 0.2) is 18.2 Å². The Hall–Kier alpha value is -0.860. The molecule has 0 spiro atoms. The van der Waals surface area contributed by atoms with Crippen molar-refractivity contribution >= 4 is 0 Å². The summed E-state index contributed by atoms with van der Waals surface area (Å²) in [6.45, 7) is 6.60. The Kier molecular flexibility index (Phi) is 3.85. The molecule has 3 N–H and O–H groups in total. The van der Waals surface area contributed by atoms with E-state index >= 15 is 0 Å². The number of rotatable bonds is 3. The lowest BCUT2D eigenvalue weighted by Gasteiger charge is -2.21. The van der Waals surface area contributed by atoms with Crippen LogP contribution in [-0.2, 0) is 0 Å². The third kappa shape index (κ3) is 3.08. The third-order valence-electron chi connectivity index (χ3n) is 3.86. The van der Waals surface area contributed by atoms with Crippen LogP contribution in [0.1, 0.15) is 48.9 Å². The molecule has 1 aromatic rings. The van der Waals surface area contributed by atoms with E-state index in [1.807, 2.05) is 0 Å². The molecular weight excluding hydrogens is 208 g/mol. The number of hydrogen-bond acceptors (Lipinski definition) is 2. The summed E-state index contributed by atoms with van der Waals surface area (Å²) in [6.07, 6.45) is 3.50. The van der Waals surface area contributed by atoms with Crippen LogP contribution >= 0.6 is 0 Å². The van der Waals surface area contributed by atoms with Gasteiger partial charge in [-0.1, -0.05) is 23.8 Å². The first-order chi connectivity index (χ1) is 8.06. The lowest BCUT2D eigenvalue weighted by atomic mass is 9.99. The van der Waals surface area contributed by atoms with Crippen molar-refractivity contribution in [2.45, 2.75) is 58.2 Å². The number of aryl methyl sites for hydroxylation is 2. The molecule has 2 rings (SSSR count). The van der Waals surface area contributed by atoms with Gasteiger partial charge in [0.25, 0.3) is 0 Å². The topological polar surface area (TPSA) is 38.0 Å². The lowest BCUT2D eigenvalue weighted by molar-refractivity contribution is 0.456. The second kappa shape index (κ2) is 5.19. The normalized spacial score (nSPS) is 26.1. The van der Waals surface area contributed by atoms with Crippen LogP contribution in [0.5, 0.6) is 0 Å². The van der Waals surface area contributed by atoms with Gasteiger partial charge in [-0.15, -0.1) is 0 Å². The summed E-state index contributed by atoms with van der Waals surface area (Å²) in [7, 11) is 0. The molecule has 94 valence electrons. The number of hydrogen-bond donors (Lipinski definition) is 2. The van der Waals surface area contributed by atoms with Gasteiger partial charge in [-0.3, -0.25) is 0 Å². The van der Waals surface area contributed by atoms with Crippen molar-refractivity contribution in [2.75, 3.05) is 0 Å². The van der Waals surface area contributed by atoms with Gasteiger partial charge in [0.1, 0.15) is 0 Å². The van der Waals surface area contributed by atoms with Crippen LogP contribution in [-0.4, -0.2) is 12.1 Å². The summed E-state index contributed by atoms with van der Waals surface area (Å²) in [4.78, 5) is 0. The van der Waals surface area contributed by atoms with Gasteiger partial charge in [0.2, 0.25) is 0 Å². The highest BCUT2D eigenvalue weighted by Gasteiger charge is 2.23. The van der Waals surface area contributed by atoms with E-state index in [-0.39, 0.29) is 0 Å². The molecule has 0 heterocycles. The smallest absolute Gasteiger partial charge is 0.0297 e. The molecule has 1 aliphatic rings. The molecule has 0 aliphatic heterocycles. The molecule has 0 amide bonds. The van der Waals surface area contributed by atoms with Crippen LogP contribution in [0.2, 0.25) is 0 Å². The largest absolute Gasteiger partial charge is 0.328 e. The molecule has 0 radical (unpaired) electrons. The Morgan fingerprint density at radius 3 is 2.71 bits per heavy atom. The highest BCUT2D eigenvalue weighted by Crippen LogP contribution is 2.23. The Labute approximate surface area is 105 Å². The summed E-state index contributed by atoms with van der Waals surface area (Å²) in [5.41, 5.74) is 10.1. The zero-order valence-corrected chi connectivity index (χ0v) is 11.2. The van der Waals surface area contributed by atoms with E-state index in [1.54, 1.807) is 0 Å². The monoisotopic (exact) mass is 232 g/mol. The molecule has 3 atom stereocenters. The first kappa shape index (κ1) is 12.6.